The van der Waals surface area contributed by atoms with Crippen molar-refractivity contribution < 1.29 is 19.0 Å². The van der Waals surface area contributed by atoms with E-state index in [1.165, 1.54) is 0 Å². The van der Waals surface area contributed by atoms with Crippen molar-refractivity contribution in [3.8, 4) is 0 Å². The maximum atomic E-state index is 10.1. The van der Waals surface area contributed by atoms with Gasteiger partial charge in [0.2, 0.25) is 0 Å². The number of carbonyl (C=O) groups is 1. The Morgan fingerprint density at radius 1 is 1.15 bits per heavy atom. The van der Waals surface area contributed by atoms with Gasteiger partial charge < -0.3 is 14.2 Å². The molecule has 0 aromatic carbocycles. The topological polar surface area (TPSA) is 44.8 Å². The average molecular weight is 211 g/mol. The first kappa shape index (κ1) is 12.7. The van der Waals surface area contributed by atoms with Crippen molar-refractivity contribution in [3.05, 3.63) is 0 Å². The summed E-state index contributed by atoms with van der Waals surface area (Å²) in [6.07, 6.45) is 1.55. The summed E-state index contributed by atoms with van der Waals surface area (Å²) in [4.78, 5) is 10.1. The average Bonchev–Trinajstić information content (AvgIpc) is 2.09. The third-order valence-corrected chi connectivity index (χ3v) is 1.39. The predicted octanol–water partition coefficient (Wildman–Crippen LogP) is 1.80. The third-order valence-electron chi connectivity index (χ3n) is 1.29. The van der Waals surface area contributed by atoms with Crippen molar-refractivity contribution >= 4 is 17.0 Å². The van der Waals surface area contributed by atoms with E-state index < -0.39 is 5.43 Å². The van der Waals surface area contributed by atoms with Gasteiger partial charge in [-0.2, -0.15) is 0 Å². The van der Waals surface area contributed by atoms with Crippen LogP contribution in [0.15, 0.2) is 0 Å². The molecule has 13 heavy (non-hydrogen) atoms. The number of rotatable bonds is 8. The number of ether oxygens (including phenoxy) is 3. The van der Waals surface area contributed by atoms with Gasteiger partial charge in [-0.25, -0.2) is 4.79 Å². The SMILES string of the molecule is COCCCOCCCOC(=O)Cl. The molecule has 0 amide bonds. The highest BCUT2D eigenvalue weighted by Crippen LogP contribution is 1.91. The molecule has 5 heteroatoms. The van der Waals surface area contributed by atoms with Crippen LogP contribution >= 0.6 is 11.6 Å². The first-order valence-corrected chi connectivity index (χ1v) is 4.54. The summed E-state index contributed by atoms with van der Waals surface area (Å²) in [7, 11) is 1.65. The van der Waals surface area contributed by atoms with Crippen LogP contribution in [0.3, 0.4) is 0 Å². The summed E-state index contributed by atoms with van der Waals surface area (Å²) in [5, 5.41) is 0. The molecule has 0 aromatic rings. The number of halogens is 1. The molecule has 0 rings (SSSR count). The van der Waals surface area contributed by atoms with E-state index in [-0.39, 0.29) is 0 Å². The summed E-state index contributed by atoms with van der Waals surface area (Å²) >= 11 is 4.94. The molecule has 0 atom stereocenters. The predicted molar refractivity (Wildman–Crippen MR) is 49.1 cm³/mol. The van der Waals surface area contributed by atoms with Crippen LogP contribution in [0.5, 0.6) is 0 Å². The van der Waals surface area contributed by atoms with Crippen LogP contribution in [0.2, 0.25) is 0 Å². The lowest BCUT2D eigenvalue weighted by Crippen LogP contribution is -2.04. The largest absolute Gasteiger partial charge is 0.454 e. The summed E-state index contributed by atoms with van der Waals surface area (Å²) in [5.74, 6) is 0. The summed E-state index contributed by atoms with van der Waals surface area (Å²) in [6.45, 7) is 2.26. The first-order valence-electron chi connectivity index (χ1n) is 4.16. The molecule has 0 saturated heterocycles. The molecule has 0 radical (unpaired) electrons. The molecule has 78 valence electrons. The molecular formula is C8H15ClO4. The van der Waals surface area contributed by atoms with E-state index in [2.05, 4.69) is 4.74 Å². The third kappa shape index (κ3) is 11.7. The van der Waals surface area contributed by atoms with Gasteiger partial charge in [0.05, 0.1) is 6.61 Å². The van der Waals surface area contributed by atoms with Crippen LogP contribution in [-0.2, 0) is 14.2 Å². The Morgan fingerprint density at radius 3 is 2.31 bits per heavy atom. The molecule has 0 aliphatic heterocycles. The highest BCUT2D eigenvalue weighted by molar-refractivity contribution is 6.61. The highest BCUT2D eigenvalue weighted by Gasteiger charge is 1.94. The molecule has 0 aliphatic rings. The fourth-order valence-corrected chi connectivity index (χ4v) is 0.798. The van der Waals surface area contributed by atoms with Crippen LogP contribution in [-0.4, -0.2) is 39.0 Å². The number of methoxy groups -OCH3 is 1. The monoisotopic (exact) mass is 210 g/mol. The van der Waals surface area contributed by atoms with E-state index in [0.29, 0.717) is 32.8 Å². The summed E-state index contributed by atoms with van der Waals surface area (Å²) in [6, 6.07) is 0. The molecule has 0 aliphatic carbocycles. The van der Waals surface area contributed by atoms with E-state index in [1.807, 2.05) is 0 Å². The van der Waals surface area contributed by atoms with Gasteiger partial charge in [0.15, 0.2) is 0 Å². The standard InChI is InChI=1S/C8H15ClO4/c1-11-4-2-5-12-6-3-7-13-8(9)10/h2-7H2,1H3. The Kier molecular flexibility index (Phi) is 9.53. The molecule has 0 fully saturated rings. The number of carbonyl (C=O) groups excluding carboxylic acids is 1. The molecule has 0 N–H and O–H groups in total. The maximum absolute atomic E-state index is 10.1. The van der Waals surface area contributed by atoms with Gasteiger partial charge in [-0.15, -0.1) is 0 Å². The fourth-order valence-electron chi connectivity index (χ4n) is 0.721. The second kappa shape index (κ2) is 9.77. The molecule has 0 heterocycles. The van der Waals surface area contributed by atoms with Crippen molar-refractivity contribution in [2.45, 2.75) is 12.8 Å². The normalized spacial score (nSPS) is 10.0. The lowest BCUT2D eigenvalue weighted by atomic mass is 10.4. The van der Waals surface area contributed by atoms with Gasteiger partial charge in [0, 0.05) is 45.0 Å². The van der Waals surface area contributed by atoms with Gasteiger partial charge in [-0.3, -0.25) is 0 Å². The molecule has 0 aromatic heterocycles. The van der Waals surface area contributed by atoms with Crippen LogP contribution in [0.1, 0.15) is 12.8 Å². The molecule has 0 spiro atoms. The fraction of sp³-hybridized carbons (Fsp3) is 0.875. The van der Waals surface area contributed by atoms with Crippen molar-refractivity contribution in [2.75, 3.05) is 33.5 Å². The Bertz CT molecular complexity index is 129. The Labute approximate surface area is 83.1 Å². The van der Waals surface area contributed by atoms with Crippen LogP contribution < -0.4 is 0 Å². The zero-order valence-electron chi connectivity index (χ0n) is 7.75. The molecule has 0 saturated carbocycles. The van der Waals surface area contributed by atoms with Crippen LogP contribution in [0.4, 0.5) is 4.79 Å². The second-order valence-corrected chi connectivity index (χ2v) is 2.71. The number of hydrogen-bond acceptors (Lipinski definition) is 4. The molecular weight excluding hydrogens is 196 g/mol. The van der Waals surface area contributed by atoms with Crippen LogP contribution in [0.25, 0.3) is 0 Å². The highest BCUT2D eigenvalue weighted by atomic mass is 35.5. The Balaban J connectivity index is 2.87. The number of hydrogen-bond donors (Lipinski definition) is 0. The summed E-state index contributed by atoms with van der Waals surface area (Å²) < 4.78 is 14.5. The van der Waals surface area contributed by atoms with Crippen molar-refractivity contribution in [1.29, 1.82) is 0 Å². The van der Waals surface area contributed by atoms with Gasteiger partial charge in [0.25, 0.3) is 0 Å². The maximum Gasteiger partial charge on any atom is 0.403 e. The second-order valence-electron chi connectivity index (χ2n) is 2.40. The molecule has 0 bridgehead atoms. The minimum atomic E-state index is -0.764. The van der Waals surface area contributed by atoms with Gasteiger partial charge >= 0.3 is 5.43 Å². The zero-order chi connectivity index (χ0) is 9.94. The molecule has 0 unspecified atom stereocenters. The van der Waals surface area contributed by atoms with Gasteiger partial charge in [-0.1, -0.05) is 0 Å². The summed E-state index contributed by atoms with van der Waals surface area (Å²) in [5.41, 5.74) is -0.764. The van der Waals surface area contributed by atoms with E-state index in [4.69, 9.17) is 21.1 Å². The van der Waals surface area contributed by atoms with E-state index in [1.54, 1.807) is 7.11 Å². The smallest absolute Gasteiger partial charge is 0.403 e. The Hall–Kier alpha value is -0.320. The zero-order valence-corrected chi connectivity index (χ0v) is 8.51. The van der Waals surface area contributed by atoms with E-state index >= 15 is 0 Å². The lowest BCUT2D eigenvalue weighted by Gasteiger charge is -2.03. The van der Waals surface area contributed by atoms with E-state index in [0.717, 1.165) is 6.42 Å². The first-order chi connectivity index (χ1) is 6.27. The van der Waals surface area contributed by atoms with Gasteiger partial charge in [0.1, 0.15) is 0 Å². The lowest BCUT2D eigenvalue weighted by molar-refractivity contribution is 0.0888. The Morgan fingerprint density at radius 2 is 1.77 bits per heavy atom. The van der Waals surface area contributed by atoms with Crippen molar-refractivity contribution in [2.24, 2.45) is 0 Å². The van der Waals surface area contributed by atoms with Crippen LogP contribution in [0, 0.1) is 0 Å². The van der Waals surface area contributed by atoms with Gasteiger partial charge in [-0.05, 0) is 6.42 Å². The molecule has 4 nitrogen and oxygen atoms in total. The minimum absolute atomic E-state index is 0.312. The van der Waals surface area contributed by atoms with Crippen molar-refractivity contribution in [1.82, 2.24) is 0 Å². The quantitative estimate of drug-likeness (QED) is 0.453. The minimum Gasteiger partial charge on any atom is -0.454 e. The van der Waals surface area contributed by atoms with Crippen molar-refractivity contribution in [3.63, 3.8) is 0 Å². The van der Waals surface area contributed by atoms with E-state index in [9.17, 15) is 4.79 Å².